The third-order valence-corrected chi connectivity index (χ3v) is 4.26. The third-order valence-electron chi connectivity index (χ3n) is 4.26. The number of nitrogens with two attached hydrogens (primary N) is 1. The molecule has 21 heavy (non-hydrogen) atoms. The number of nitrogen functional groups attached to an aromatic ring is 1. The second-order valence-electron chi connectivity index (χ2n) is 5.75. The molecule has 2 N–H and O–H groups in total. The second kappa shape index (κ2) is 5.07. The number of benzene rings is 1. The van der Waals surface area contributed by atoms with Gasteiger partial charge in [-0.2, -0.15) is 0 Å². The zero-order chi connectivity index (χ0) is 14.2. The van der Waals surface area contributed by atoms with Crippen LogP contribution in [0.5, 0.6) is 5.75 Å². The fraction of sp³-hybridized carbons (Fsp3) is 0.438. The molecule has 0 bridgehead atoms. The summed E-state index contributed by atoms with van der Waals surface area (Å²) in [6, 6.07) is 3.93. The fourth-order valence-electron chi connectivity index (χ4n) is 3.29. The van der Waals surface area contributed by atoms with Gasteiger partial charge < -0.3 is 19.8 Å². The van der Waals surface area contributed by atoms with Crippen LogP contribution in [-0.2, 0) is 30.7 Å². The average Bonchev–Trinajstić information content (AvgIpc) is 2.90. The molecular formula is C16H19N3O2. The molecule has 0 fully saturated rings. The van der Waals surface area contributed by atoms with Crippen LogP contribution in [0.25, 0.3) is 0 Å². The molecule has 5 nitrogen and oxygen atoms in total. The minimum atomic E-state index is 0.311. The normalized spacial score (nSPS) is 17.0. The van der Waals surface area contributed by atoms with E-state index in [-0.39, 0.29) is 0 Å². The first kappa shape index (κ1) is 12.7. The highest BCUT2D eigenvalue weighted by Crippen LogP contribution is 2.32. The summed E-state index contributed by atoms with van der Waals surface area (Å²) < 4.78 is 13.3. The lowest BCUT2D eigenvalue weighted by Crippen LogP contribution is -2.16. The number of rotatable bonds is 2. The highest BCUT2D eigenvalue weighted by Gasteiger charge is 2.19. The van der Waals surface area contributed by atoms with Crippen LogP contribution in [0.2, 0.25) is 0 Å². The third kappa shape index (κ3) is 2.27. The van der Waals surface area contributed by atoms with Crippen molar-refractivity contribution >= 4 is 5.69 Å². The van der Waals surface area contributed by atoms with Crippen LogP contribution in [0.15, 0.2) is 18.5 Å². The van der Waals surface area contributed by atoms with Crippen LogP contribution in [0.3, 0.4) is 0 Å². The number of aromatic nitrogens is 2. The Morgan fingerprint density at radius 1 is 1.24 bits per heavy atom. The molecule has 2 aliphatic rings. The van der Waals surface area contributed by atoms with E-state index in [9.17, 15) is 0 Å². The van der Waals surface area contributed by atoms with Gasteiger partial charge in [-0.05, 0) is 37.8 Å². The highest BCUT2D eigenvalue weighted by molar-refractivity contribution is 5.53. The van der Waals surface area contributed by atoms with Crippen LogP contribution in [0.4, 0.5) is 5.69 Å². The quantitative estimate of drug-likeness (QED) is 0.860. The fourth-order valence-corrected chi connectivity index (χ4v) is 3.29. The van der Waals surface area contributed by atoms with Crippen molar-refractivity contribution in [2.24, 2.45) is 0 Å². The average molecular weight is 285 g/mol. The number of nitrogens with zero attached hydrogens (tertiary/aromatic N) is 2. The van der Waals surface area contributed by atoms with Crippen molar-refractivity contribution in [3.8, 4) is 5.75 Å². The highest BCUT2D eigenvalue weighted by atomic mass is 16.7. The molecule has 1 aromatic heterocycles. The number of hydrogen-bond donors (Lipinski definition) is 1. The van der Waals surface area contributed by atoms with Crippen molar-refractivity contribution in [2.75, 3.05) is 12.5 Å². The van der Waals surface area contributed by atoms with Gasteiger partial charge in [-0.1, -0.05) is 0 Å². The van der Waals surface area contributed by atoms with Crippen LogP contribution in [0.1, 0.15) is 35.4 Å². The van der Waals surface area contributed by atoms with Crippen molar-refractivity contribution in [1.82, 2.24) is 9.55 Å². The van der Waals surface area contributed by atoms with E-state index >= 15 is 0 Å². The molecule has 0 saturated carbocycles. The number of aryl methyl sites for hydroxylation is 1. The van der Waals surface area contributed by atoms with Crippen LogP contribution < -0.4 is 10.5 Å². The Bertz CT molecular complexity index is 678. The van der Waals surface area contributed by atoms with E-state index in [1.54, 1.807) is 0 Å². The molecule has 4 rings (SSSR count). The number of fused-ring (bicyclic) bond motifs is 2. The summed E-state index contributed by atoms with van der Waals surface area (Å²) >= 11 is 0. The summed E-state index contributed by atoms with van der Waals surface area (Å²) in [4.78, 5) is 4.55. The van der Waals surface area contributed by atoms with E-state index in [2.05, 4.69) is 9.55 Å². The van der Waals surface area contributed by atoms with Crippen molar-refractivity contribution in [3.63, 3.8) is 0 Å². The first-order chi connectivity index (χ1) is 10.3. The van der Waals surface area contributed by atoms with E-state index in [1.165, 1.54) is 24.2 Å². The molecule has 1 aliphatic heterocycles. The summed E-state index contributed by atoms with van der Waals surface area (Å²) in [6.07, 6.45) is 6.66. The smallest absolute Gasteiger partial charge is 0.189 e. The van der Waals surface area contributed by atoms with Gasteiger partial charge in [0.05, 0.1) is 25.2 Å². The van der Waals surface area contributed by atoms with Gasteiger partial charge in [0.2, 0.25) is 0 Å². The van der Waals surface area contributed by atoms with E-state index in [0.717, 1.165) is 42.0 Å². The second-order valence-corrected chi connectivity index (χ2v) is 5.75. The molecule has 5 heteroatoms. The van der Waals surface area contributed by atoms with Gasteiger partial charge in [0, 0.05) is 22.5 Å². The van der Waals surface area contributed by atoms with Crippen molar-refractivity contribution in [1.29, 1.82) is 0 Å². The summed E-state index contributed by atoms with van der Waals surface area (Å²) in [5.74, 6) is 0.925. The monoisotopic (exact) mass is 285 g/mol. The Labute approximate surface area is 123 Å². The Balaban J connectivity index is 1.71. The molecule has 0 radical (unpaired) electrons. The Morgan fingerprint density at radius 2 is 2.14 bits per heavy atom. The van der Waals surface area contributed by atoms with Crippen molar-refractivity contribution in [3.05, 3.63) is 41.0 Å². The molecule has 2 heterocycles. The summed E-state index contributed by atoms with van der Waals surface area (Å²) in [7, 11) is 0. The topological polar surface area (TPSA) is 62.3 Å². The molecule has 110 valence electrons. The summed E-state index contributed by atoms with van der Waals surface area (Å²) in [6.45, 7) is 1.64. The van der Waals surface area contributed by atoms with Crippen molar-refractivity contribution < 1.29 is 9.47 Å². The molecule has 1 aliphatic carbocycles. The lowest BCUT2D eigenvalue weighted by atomic mass is 10.0. The maximum Gasteiger partial charge on any atom is 0.189 e. The van der Waals surface area contributed by atoms with Crippen LogP contribution in [-0.4, -0.2) is 16.3 Å². The maximum atomic E-state index is 6.01. The predicted octanol–water partition coefficient (Wildman–Crippen LogP) is 2.26. The molecule has 0 unspecified atom stereocenters. The minimum absolute atomic E-state index is 0.311. The zero-order valence-corrected chi connectivity index (χ0v) is 12.0. The molecular weight excluding hydrogens is 266 g/mol. The molecule has 0 atom stereocenters. The molecule has 1 aromatic carbocycles. The predicted molar refractivity (Wildman–Crippen MR) is 79.1 cm³/mol. The Morgan fingerprint density at radius 3 is 3.10 bits per heavy atom. The molecule has 0 spiro atoms. The van der Waals surface area contributed by atoms with Crippen LogP contribution >= 0.6 is 0 Å². The van der Waals surface area contributed by atoms with Gasteiger partial charge in [-0.15, -0.1) is 0 Å². The van der Waals surface area contributed by atoms with E-state index < -0.39 is 0 Å². The summed E-state index contributed by atoms with van der Waals surface area (Å²) in [5, 5.41) is 0. The molecule has 2 aromatic rings. The van der Waals surface area contributed by atoms with E-state index in [1.807, 2.05) is 18.5 Å². The lowest BCUT2D eigenvalue weighted by Gasteiger charge is -2.22. The number of hydrogen-bond acceptors (Lipinski definition) is 4. The summed E-state index contributed by atoms with van der Waals surface area (Å²) in [5.41, 5.74) is 11.5. The van der Waals surface area contributed by atoms with Gasteiger partial charge >= 0.3 is 0 Å². The standard InChI is InChI=1S/C16H19N3O2/c17-13-5-11(16-12(6-13)8-20-10-21-16)7-19-9-18-14-3-1-2-4-15(14)19/h5-6,9H,1-4,7-8,10,17H2. The van der Waals surface area contributed by atoms with Crippen LogP contribution in [0, 0.1) is 0 Å². The first-order valence-corrected chi connectivity index (χ1v) is 7.46. The van der Waals surface area contributed by atoms with Crippen molar-refractivity contribution in [2.45, 2.75) is 38.8 Å². The van der Waals surface area contributed by atoms with Gasteiger partial charge in [0.25, 0.3) is 0 Å². The maximum absolute atomic E-state index is 6.01. The number of imidazole rings is 1. The molecule has 0 saturated heterocycles. The van der Waals surface area contributed by atoms with E-state index in [0.29, 0.717) is 13.4 Å². The van der Waals surface area contributed by atoms with Gasteiger partial charge in [-0.25, -0.2) is 4.98 Å². The SMILES string of the molecule is Nc1cc2c(c(Cn3cnc4c3CCCC4)c1)OCOC2. The number of ether oxygens (including phenoxy) is 2. The van der Waals surface area contributed by atoms with E-state index in [4.69, 9.17) is 15.2 Å². The van der Waals surface area contributed by atoms with Gasteiger partial charge in [0.15, 0.2) is 6.79 Å². The minimum Gasteiger partial charge on any atom is -0.467 e. The van der Waals surface area contributed by atoms with Gasteiger partial charge in [0.1, 0.15) is 5.75 Å². The van der Waals surface area contributed by atoms with Gasteiger partial charge in [-0.3, -0.25) is 0 Å². The largest absolute Gasteiger partial charge is 0.467 e. The first-order valence-electron chi connectivity index (χ1n) is 7.46. The molecule has 0 amide bonds. The Kier molecular flexibility index (Phi) is 3.07. The Hall–Kier alpha value is -2.01. The number of anilines is 1. The lowest BCUT2D eigenvalue weighted by molar-refractivity contribution is -0.0170. The zero-order valence-electron chi connectivity index (χ0n) is 12.0.